The maximum Gasteiger partial charge on any atom is 0.247 e. The first-order chi connectivity index (χ1) is 6.09. The van der Waals surface area contributed by atoms with Crippen molar-refractivity contribution in [1.29, 1.82) is 0 Å². The first-order valence-electron chi connectivity index (χ1n) is 4.76. The van der Waals surface area contributed by atoms with Gasteiger partial charge in [0.15, 0.2) is 5.76 Å². The van der Waals surface area contributed by atoms with Crippen LogP contribution in [0.2, 0.25) is 0 Å². The Morgan fingerprint density at radius 3 is 2.77 bits per heavy atom. The lowest BCUT2D eigenvalue weighted by Crippen LogP contribution is -2.28. The summed E-state index contributed by atoms with van der Waals surface area (Å²) in [7, 11) is 0. The van der Waals surface area contributed by atoms with E-state index in [9.17, 15) is 0 Å². The summed E-state index contributed by atoms with van der Waals surface area (Å²) in [5, 5.41) is 8.82. The van der Waals surface area contributed by atoms with Crippen LogP contribution in [0.1, 0.15) is 33.6 Å². The number of ether oxygens (including phenoxy) is 2. The highest BCUT2D eigenvalue weighted by Gasteiger charge is 2.34. The van der Waals surface area contributed by atoms with Gasteiger partial charge in [0.2, 0.25) is 5.79 Å². The van der Waals surface area contributed by atoms with Crippen molar-refractivity contribution in [3.63, 3.8) is 0 Å². The second kappa shape index (κ2) is 4.01. The van der Waals surface area contributed by atoms with Gasteiger partial charge in [-0.15, -0.1) is 0 Å². The fourth-order valence-electron chi connectivity index (χ4n) is 1.45. The fraction of sp³-hybridized carbons (Fsp3) is 0.800. The smallest absolute Gasteiger partial charge is 0.247 e. The van der Waals surface area contributed by atoms with Gasteiger partial charge in [0, 0.05) is 13.3 Å². The van der Waals surface area contributed by atoms with Crippen molar-refractivity contribution in [2.24, 2.45) is 5.92 Å². The van der Waals surface area contributed by atoms with Gasteiger partial charge >= 0.3 is 0 Å². The minimum Gasteiger partial charge on any atom is -0.457 e. The molecule has 0 radical (unpaired) electrons. The molecule has 1 heterocycles. The Morgan fingerprint density at radius 2 is 2.31 bits per heavy atom. The van der Waals surface area contributed by atoms with Gasteiger partial charge in [0.25, 0.3) is 0 Å². The molecule has 0 fully saturated rings. The minimum absolute atomic E-state index is 0.0872. The van der Waals surface area contributed by atoms with Crippen molar-refractivity contribution < 1.29 is 14.6 Å². The molecule has 3 nitrogen and oxygen atoms in total. The maximum absolute atomic E-state index is 8.82. The third-order valence-electron chi connectivity index (χ3n) is 2.36. The quantitative estimate of drug-likeness (QED) is 0.730. The molecule has 1 aliphatic rings. The van der Waals surface area contributed by atoms with Crippen molar-refractivity contribution in [2.45, 2.75) is 39.4 Å². The average Bonchev–Trinajstić information content (AvgIpc) is 2.47. The summed E-state index contributed by atoms with van der Waals surface area (Å²) in [6.07, 6.45) is 3.46. The Hall–Kier alpha value is -0.700. The fourth-order valence-corrected chi connectivity index (χ4v) is 1.45. The highest BCUT2D eigenvalue weighted by molar-refractivity contribution is 4.96. The van der Waals surface area contributed by atoms with E-state index in [0.717, 1.165) is 12.8 Å². The molecular weight excluding hydrogens is 168 g/mol. The third-order valence-corrected chi connectivity index (χ3v) is 2.36. The molecule has 0 aromatic rings. The molecular formula is C10H18O3. The van der Waals surface area contributed by atoms with E-state index in [1.54, 1.807) is 0 Å². The molecule has 1 aliphatic heterocycles. The van der Waals surface area contributed by atoms with Gasteiger partial charge in [-0.2, -0.15) is 0 Å². The van der Waals surface area contributed by atoms with E-state index in [1.807, 2.05) is 6.92 Å². The molecule has 0 saturated heterocycles. The molecule has 0 saturated carbocycles. The van der Waals surface area contributed by atoms with Crippen LogP contribution in [0.3, 0.4) is 0 Å². The monoisotopic (exact) mass is 186 g/mol. The summed E-state index contributed by atoms with van der Waals surface area (Å²) in [5.74, 6) is 0.523. The molecule has 0 aliphatic carbocycles. The Morgan fingerprint density at radius 1 is 1.62 bits per heavy atom. The zero-order chi connectivity index (χ0) is 9.90. The average molecular weight is 186 g/mol. The summed E-state index contributed by atoms with van der Waals surface area (Å²) in [6, 6.07) is 0. The lowest BCUT2D eigenvalue weighted by molar-refractivity contribution is -0.148. The second-order valence-corrected chi connectivity index (χ2v) is 3.81. The van der Waals surface area contributed by atoms with Gasteiger partial charge in [0.05, 0.1) is 0 Å². The topological polar surface area (TPSA) is 38.7 Å². The predicted molar refractivity (Wildman–Crippen MR) is 49.8 cm³/mol. The van der Waals surface area contributed by atoms with E-state index in [2.05, 4.69) is 13.8 Å². The number of hydrogen-bond donors (Lipinski definition) is 1. The van der Waals surface area contributed by atoms with Crippen molar-refractivity contribution >= 4 is 0 Å². The summed E-state index contributed by atoms with van der Waals surface area (Å²) in [5.41, 5.74) is 0. The Labute approximate surface area is 79.3 Å². The van der Waals surface area contributed by atoms with Crippen LogP contribution < -0.4 is 0 Å². The van der Waals surface area contributed by atoms with Gasteiger partial charge in [0.1, 0.15) is 12.9 Å². The van der Waals surface area contributed by atoms with E-state index in [1.165, 1.54) is 6.26 Å². The molecule has 1 N–H and O–H groups in total. The van der Waals surface area contributed by atoms with Crippen molar-refractivity contribution in [1.82, 2.24) is 0 Å². The molecule has 13 heavy (non-hydrogen) atoms. The molecule has 0 aromatic carbocycles. The van der Waals surface area contributed by atoms with E-state index >= 15 is 0 Å². The summed E-state index contributed by atoms with van der Waals surface area (Å²) in [4.78, 5) is 0. The SMILES string of the molecule is CCC(C)CC1(C)OC=C(CO)O1. The number of aliphatic hydroxyl groups excluding tert-OH is 1. The van der Waals surface area contributed by atoms with Gasteiger partial charge in [-0.05, 0) is 5.92 Å². The van der Waals surface area contributed by atoms with Gasteiger partial charge in [-0.3, -0.25) is 0 Å². The number of rotatable bonds is 4. The Kier molecular flexibility index (Phi) is 3.20. The minimum atomic E-state index is -0.562. The molecule has 1 rings (SSSR count). The standard InChI is InChI=1S/C10H18O3/c1-4-8(2)5-10(3)12-7-9(6-11)13-10/h7-8,11H,4-6H2,1-3H3. The molecule has 0 bridgehead atoms. The summed E-state index contributed by atoms with van der Waals surface area (Å²) >= 11 is 0. The summed E-state index contributed by atoms with van der Waals surface area (Å²) in [6.45, 7) is 6.12. The summed E-state index contributed by atoms with van der Waals surface area (Å²) < 4.78 is 10.8. The highest BCUT2D eigenvalue weighted by Crippen LogP contribution is 2.31. The van der Waals surface area contributed by atoms with E-state index in [4.69, 9.17) is 14.6 Å². The van der Waals surface area contributed by atoms with Gasteiger partial charge < -0.3 is 14.6 Å². The molecule has 2 unspecified atom stereocenters. The zero-order valence-electron chi connectivity index (χ0n) is 8.54. The second-order valence-electron chi connectivity index (χ2n) is 3.81. The Balaban J connectivity index is 2.43. The molecule has 0 spiro atoms. The van der Waals surface area contributed by atoms with E-state index in [0.29, 0.717) is 11.7 Å². The van der Waals surface area contributed by atoms with Crippen molar-refractivity contribution in [3.8, 4) is 0 Å². The van der Waals surface area contributed by atoms with E-state index < -0.39 is 5.79 Å². The molecule has 2 atom stereocenters. The van der Waals surface area contributed by atoms with Gasteiger partial charge in [-0.25, -0.2) is 0 Å². The number of aliphatic hydroxyl groups is 1. The lowest BCUT2D eigenvalue weighted by Gasteiger charge is -2.26. The van der Waals surface area contributed by atoms with Crippen LogP contribution in [0.15, 0.2) is 12.0 Å². The van der Waals surface area contributed by atoms with Crippen LogP contribution in [0.5, 0.6) is 0 Å². The van der Waals surface area contributed by atoms with Crippen molar-refractivity contribution in [2.75, 3.05) is 6.61 Å². The number of hydrogen-bond acceptors (Lipinski definition) is 3. The van der Waals surface area contributed by atoms with Crippen LogP contribution in [0, 0.1) is 5.92 Å². The lowest BCUT2D eigenvalue weighted by atomic mass is 10.00. The van der Waals surface area contributed by atoms with Crippen molar-refractivity contribution in [3.05, 3.63) is 12.0 Å². The highest BCUT2D eigenvalue weighted by atomic mass is 16.7. The van der Waals surface area contributed by atoms with Crippen LogP contribution >= 0.6 is 0 Å². The molecule has 76 valence electrons. The maximum atomic E-state index is 8.82. The van der Waals surface area contributed by atoms with Crippen LogP contribution in [-0.4, -0.2) is 17.5 Å². The zero-order valence-corrected chi connectivity index (χ0v) is 8.54. The first-order valence-corrected chi connectivity index (χ1v) is 4.76. The largest absolute Gasteiger partial charge is 0.457 e. The van der Waals surface area contributed by atoms with Crippen LogP contribution in [-0.2, 0) is 9.47 Å². The predicted octanol–water partition coefficient (Wildman–Crippen LogP) is 2.02. The first kappa shape index (κ1) is 10.4. The van der Waals surface area contributed by atoms with E-state index in [-0.39, 0.29) is 6.61 Å². The normalized spacial score (nSPS) is 29.1. The van der Waals surface area contributed by atoms with Crippen LogP contribution in [0.4, 0.5) is 0 Å². The molecule has 0 amide bonds. The molecule has 0 aromatic heterocycles. The van der Waals surface area contributed by atoms with Crippen LogP contribution in [0.25, 0.3) is 0 Å². The van der Waals surface area contributed by atoms with Gasteiger partial charge in [-0.1, -0.05) is 20.3 Å². The third kappa shape index (κ3) is 2.62. The molecule has 3 heteroatoms. The Bertz CT molecular complexity index is 200.